The Bertz CT molecular complexity index is 3210. The molecule has 12 rings (SSSR count). The molecule has 2 aliphatic heterocycles. The van der Waals surface area contributed by atoms with Crippen molar-refractivity contribution in [2.24, 2.45) is 0 Å². The van der Waals surface area contributed by atoms with Gasteiger partial charge in [-0.15, -0.1) is 0 Å². The van der Waals surface area contributed by atoms with Gasteiger partial charge in [0.05, 0.1) is 6.04 Å². The van der Waals surface area contributed by atoms with Crippen LogP contribution in [0, 0.1) is 0 Å². The maximum Gasteiger partial charge on any atom is 0.136 e. The van der Waals surface area contributed by atoms with Crippen LogP contribution in [0.1, 0.15) is 12.5 Å². The van der Waals surface area contributed by atoms with Gasteiger partial charge < -0.3 is 18.8 Å². The van der Waals surface area contributed by atoms with Gasteiger partial charge in [-0.3, -0.25) is 0 Å². The molecule has 8 aromatic carbocycles. The van der Waals surface area contributed by atoms with Crippen molar-refractivity contribution in [3.8, 4) is 67.5 Å². The molecule has 4 nitrogen and oxygen atoms in total. The summed E-state index contributed by atoms with van der Waals surface area (Å²) in [5.41, 5.74) is 13.4. The topological polar surface area (TPSA) is 34.8 Å². The second kappa shape index (κ2) is 13.0. The molecule has 9 aromatic rings. The zero-order valence-electron chi connectivity index (χ0n) is 32.3. The molecule has 0 amide bonds. The number of anilines is 2. The van der Waals surface area contributed by atoms with Gasteiger partial charge in [0.1, 0.15) is 34.2 Å². The molecule has 280 valence electrons. The third-order valence-electron chi connectivity index (χ3n) is 12.4. The van der Waals surface area contributed by atoms with Crippen LogP contribution in [0.4, 0.5) is 11.4 Å². The van der Waals surface area contributed by atoms with Crippen molar-refractivity contribution < 1.29 is 13.9 Å². The first-order valence-corrected chi connectivity index (χ1v) is 20.2. The number of para-hydroxylation sites is 4. The summed E-state index contributed by atoms with van der Waals surface area (Å²) in [4.78, 5) is 2.49. The zero-order chi connectivity index (χ0) is 39.1. The van der Waals surface area contributed by atoms with Crippen molar-refractivity contribution >= 4 is 33.3 Å². The number of hydrogen-bond acceptors (Lipinski definition) is 4. The molecule has 0 fully saturated rings. The van der Waals surface area contributed by atoms with Gasteiger partial charge in [-0.05, 0) is 101 Å². The van der Waals surface area contributed by atoms with Crippen LogP contribution in [0.25, 0.3) is 66.4 Å². The van der Waals surface area contributed by atoms with Crippen molar-refractivity contribution in [3.05, 3.63) is 206 Å². The van der Waals surface area contributed by atoms with E-state index in [1.165, 1.54) is 22.5 Å². The van der Waals surface area contributed by atoms with Crippen LogP contribution < -0.4 is 14.4 Å². The van der Waals surface area contributed by atoms with E-state index in [1.807, 2.05) is 42.5 Å². The lowest BCUT2D eigenvalue weighted by atomic mass is 9.73. The lowest BCUT2D eigenvalue weighted by Gasteiger charge is -2.35. The molecule has 1 aromatic heterocycles. The number of fused-ring (bicyclic) bond motifs is 12. The first-order chi connectivity index (χ1) is 29.1. The quantitative estimate of drug-likeness (QED) is 0.180. The van der Waals surface area contributed by atoms with Crippen molar-refractivity contribution in [1.29, 1.82) is 0 Å². The Labute approximate surface area is 342 Å². The summed E-state index contributed by atoms with van der Waals surface area (Å²) in [6, 6.07) is 61.7. The number of hydrogen-bond donors (Lipinski definition) is 0. The minimum absolute atomic E-state index is 0.134. The summed E-state index contributed by atoms with van der Waals surface area (Å²) in [6.45, 7) is 2.37. The third kappa shape index (κ3) is 5.16. The van der Waals surface area contributed by atoms with E-state index in [4.69, 9.17) is 13.9 Å². The Hall–Kier alpha value is -7.56. The zero-order valence-corrected chi connectivity index (χ0v) is 32.3. The minimum atomic E-state index is -0.257. The maximum absolute atomic E-state index is 7.14. The smallest absolute Gasteiger partial charge is 0.136 e. The van der Waals surface area contributed by atoms with Gasteiger partial charge in [-0.2, -0.15) is 0 Å². The van der Waals surface area contributed by atoms with Crippen LogP contribution in [0.15, 0.2) is 205 Å². The maximum atomic E-state index is 7.14. The lowest BCUT2D eigenvalue weighted by Crippen LogP contribution is -2.39. The van der Waals surface area contributed by atoms with E-state index in [1.54, 1.807) is 0 Å². The summed E-state index contributed by atoms with van der Waals surface area (Å²) in [6.07, 6.45) is 9.07. The molecule has 1 aliphatic carbocycles. The van der Waals surface area contributed by atoms with E-state index in [-0.39, 0.29) is 11.5 Å². The highest BCUT2D eigenvalue weighted by Crippen LogP contribution is 2.56. The fraction of sp³-hybridized carbons (Fsp3) is 0.0545. The van der Waals surface area contributed by atoms with Crippen molar-refractivity contribution in [1.82, 2.24) is 0 Å². The van der Waals surface area contributed by atoms with Gasteiger partial charge in [0.15, 0.2) is 0 Å². The van der Waals surface area contributed by atoms with Crippen LogP contribution in [0.3, 0.4) is 0 Å². The van der Waals surface area contributed by atoms with E-state index in [9.17, 15) is 0 Å². The van der Waals surface area contributed by atoms with E-state index in [2.05, 4.69) is 170 Å². The van der Waals surface area contributed by atoms with Gasteiger partial charge in [0.25, 0.3) is 0 Å². The summed E-state index contributed by atoms with van der Waals surface area (Å²) in [7, 11) is 0. The summed E-state index contributed by atoms with van der Waals surface area (Å²) in [5, 5.41) is 2.18. The van der Waals surface area contributed by atoms with Crippen molar-refractivity contribution in [3.63, 3.8) is 0 Å². The Morgan fingerprint density at radius 1 is 0.475 bits per heavy atom. The van der Waals surface area contributed by atoms with Crippen LogP contribution in [-0.4, -0.2) is 6.04 Å². The molecule has 3 heterocycles. The van der Waals surface area contributed by atoms with Crippen LogP contribution in [-0.2, 0) is 5.41 Å². The first-order valence-electron chi connectivity index (χ1n) is 20.2. The summed E-state index contributed by atoms with van der Waals surface area (Å²) < 4.78 is 20.5. The van der Waals surface area contributed by atoms with Crippen LogP contribution in [0.2, 0.25) is 0 Å². The molecular weight excluding hydrogens is 723 g/mol. The van der Waals surface area contributed by atoms with Crippen LogP contribution >= 0.6 is 0 Å². The van der Waals surface area contributed by atoms with Gasteiger partial charge in [-0.25, -0.2) is 0 Å². The molecule has 0 bridgehead atoms. The second-order valence-electron chi connectivity index (χ2n) is 15.8. The molecule has 3 aliphatic rings. The third-order valence-corrected chi connectivity index (χ3v) is 12.4. The second-order valence-corrected chi connectivity index (χ2v) is 15.8. The molecule has 0 saturated carbocycles. The first kappa shape index (κ1) is 33.6. The standard InChI is InChI=1S/C55H37NO3/c1-55-32-12-11-27-52(55)56(37-15-3-2-4-16-37)45-22-13-21-39(54(45)55)36-29-31-43-42-30-28-35(38-20-14-26-49-53(38)44-19-7-10-25-48(44)57-49)33-50(42)58-46-23-8-5-17-40(46)41-18-6-9-24-47(41)59-51(43)34-36/h2-34,52H,1H3. The molecule has 4 heteroatoms. The van der Waals surface area contributed by atoms with Gasteiger partial charge in [0.2, 0.25) is 0 Å². The Morgan fingerprint density at radius 3 is 1.80 bits per heavy atom. The molecule has 2 atom stereocenters. The molecule has 0 saturated heterocycles. The van der Waals surface area contributed by atoms with E-state index >= 15 is 0 Å². The van der Waals surface area contributed by atoms with E-state index in [0.29, 0.717) is 0 Å². The molecular formula is C55H37NO3. The number of allylic oxidation sites excluding steroid dienone is 2. The van der Waals surface area contributed by atoms with Crippen LogP contribution in [0.5, 0.6) is 23.0 Å². The van der Waals surface area contributed by atoms with Crippen molar-refractivity contribution in [2.75, 3.05) is 4.90 Å². The predicted molar refractivity (Wildman–Crippen MR) is 240 cm³/mol. The highest BCUT2D eigenvalue weighted by Gasteiger charge is 2.47. The van der Waals surface area contributed by atoms with Gasteiger partial charge in [-0.1, -0.05) is 133 Å². The van der Waals surface area contributed by atoms with E-state index in [0.717, 1.165) is 83.9 Å². The largest absolute Gasteiger partial charge is 0.456 e. The SMILES string of the molecule is CC12C=CC=CC1N(c1ccccc1)c1cccc(-c3ccc4c(c3)Oc3ccccc3-c3ccccc3Oc3cc(-c5cccc6oc7ccccc7c56)ccc3-4)c12. The fourth-order valence-electron chi connectivity index (χ4n) is 9.70. The molecule has 0 radical (unpaired) electrons. The number of rotatable bonds is 3. The Morgan fingerprint density at radius 2 is 1.05 bits per heavy atom. The Kier molecular flexibility index (Phi) is 7.39. The highest BCUT2D eigenvalue weighted by molar-refractivity contribution is 6.12. The van der Waals surface area contributed by atoms with Crippen molar-refractivity contribution in [2.45, 2.75) is 18.4 Å². The Balaban J connectivity index is 1.07. The molecule has 59 heavy (non-hydrogen) atoms. The normalized spacial score (nSPS) is 17.2. The van der Waals surface area contributed by atoms with E-state index < -0.39 is 0 Å². The highest BCUT2D eigenvalue weighted by atomic mass is 16.5. The number of furan rings is 1. The molecule has 2 unspecified atom stereocenters. The summed E-state index contributed by atoms with van der Waals surface area (Å²) >= 11 is 0. The number of benzene rings is 8. The molecule has 0 spiro atoms. The number of ether oxygens (including phenoxy) is 2. The minimum Gasteiger partial charge on any atom is -0.456 e. The van der Waals surface area contributed by atoms with Gasteiger partial charge in [0, 0.05) is 49.8 Å². The fourth-order valence-corrected chi connectivity index (χ4v) is 9.70. The van der Waals surface area contributed by atoms with Gasteiger partial charge >= 0.3 is 0 Å². The average molecular weight is 760 g/mol. The lowest BCUT2D eigenvalue weighted by molar-refractivity contribution is 0.472. The summed E-state index contributed by atoms with van der Waals surface area (Å²) in [5.74, 6) is 3.02. The molecule has 0 N–H and O–H groups in total. The monoisotopic (exact) mass is 759 g/mol. The number of nitrogens with zero attached hydrogens (tertiary/aromatic N) is 1. The average Bonchev–Trinajstić information content (AvgIpc) is 3.80. The predicted octanol–water partition coefficient (Wildman–Crippen LogP) is 15.1.